The van der Waals surface area contributed by atoms with Gasteiger partial charge in [-0.2, -0.15) is 0 Å². The first-order chi connectivity index (χ1) is 13.6. The Morgan fingerprint density at radius 1 is 0.929 bits per heavy atom. The molecule has 0 saturated carbocycles. The van der Waals surface area contributed by atoms with Crippen LogP contribution in [0.15, 0.2) is 90.1 Å². The van der Waals surface area contributed by atoms with Gasteiger partial charge in [0, 0.05) is 23.3 Å². The second-order valence-corrected chi connectivity index (χ2v) is 7.07. The van der Waals surface area contributed by atoms with Crippen LogP contribution in [0.2, 0.25) is 5.02 Å². The van der Waals surface area contributed by atoms with Gasteiger partial charge in [-0.3, -0.25) is 4.79 Å². The van der Waals surface area contributed by atoms with E-state index in [1.165, 1.54) is 0 Å². The lowest BCUT2D eigenvalue weighted by Gasteiger charge is -2.24. The second kappa shape index (κ2) is 7.87. The summed E-state index contributed by atoms with van der Waals surface area (Å²) in [5.41, 5.74) is 3.40. The number of hydrogen-bond acceptors (Lipinski definition) is 3. The maximum absolute atomic E-state index is 13.3. The van der Waals surface area contributed by atoms with Crippen molar-refractivity contribution in [2.24, 2.45) is 5.16 Å². The molecule has 0 radical (unpaired) electrons. The highest BCUT2D eigenvalue weighted by atomic mass is 35.5. The van der Waals surface area contributed by atoms with E-state index in [1.807, 2.05) is 84.9 Å². The van der Waals surface area contributed by atoms with Crippen molar-refractivity contribution in [3.63, 3.8) is 0 Å². The highest BCUT2D eigenvalue weighted by molar-refractivity contribution is 6.30. The van der Waals surface area contributed by atoms with Crippen LogP contribution < -0.4 is 4.90 Å². The van der Waals surface area contributed by atoms with Crippen LogP contribution in [0.5, 0.6) is 0 Å². The van der Waals surface area contributed by atoms with E-state index in [0.29, 0.717) is 5.02 Å². The molecule has 28 heavy (non-hydrogen) atoms. The molecule has 1 aliphatic heterocycles. The van der Waals surface area contributed by atoms with Gasteiger partial charge < -0.3 is 9.74 Å². The van der Waals surface area contributed by atoms with Gasteiger partial charge in [-0.1, -0.05) is 77.4 Å². The largest absolute Gasteiger partial charge is 0.381 e. The van der Waals surface area contributed by atoms with E-state index in [0.717, 1.165) is 22.5 Å². The van der Waals surface area contributed by atoms with E-state index >= 15 is 0 Å². The van der Waals surface area contributed by atoms with Gasteiger partial charge in [0.2, 0.25) is 6.10 Å². The summed E-state index contributed by atoms with van der Waals surface area (Å²) in [6.45, 7) is 0. The third-order valence-corrected chi connectivity index (χ3v) is 5.13. The van der Waals surface area contributed by atoms with Crippen LogP contribution >= 0.6 is 11.6 Å². The fourth-order valence-electron chi connectivity index (χ4n) is 3.38. The molecule has 5 heteroatoms. The normalized spacial score (nSPS) is 18.3. The molecular formula is C23H19ClN2O2. The van der Waals surface area contributed by atoms with Crippen LogP contribution in [-0.2, 0) is 9.63 Å². The Labute approximate surface area is 169 Å². The molecule has 3 aromatic carbocycles. The van der Waals surface area contributed by atoms with Crippen molar-refractivity contribution in [2.75, 3.05) is 11.9 Å². The number of oxime groups is 1. The minimum atomic E-state index is -0.738. The molecule has 0 fully saturated rings. The molecule has 0 unspecified atom stereocenters. The zero-order chi connectivity index (χ0) is 19.5. The lowest BCUT2D eigenvalue weighted by atomic mass is 9.85. The van der Waals surface area contributed by atoms with Gasteiger partial charge in [0.25, 0.3) is 5.91 Å². The van der Waals surface area contributed by atoms with Crippen LogP contribution in [0, 0.1) is 0 Å². The average molecular weight is 391 g/mol. The average Bonchev–Trinajstić information content (AvgIpc) is 3.19. The molecule has 0 aromatic heterocycles. The number of rotatable bonds is 4. The minimum Gasteiger partial charge on any atom is -0.381 e. The van der Waals surface area contributed by atoms with E-state index in [4.69, 9.17) is 16.4 Å². The van der Waals surface area contributed by atoms with Crippen molar-refractivity contribution in [1.29, 1.82) is 0 Å². The SMILES string of the molecule is CN(C(=O)[C@H]1ON=C(c2ccc(Cl)cc2)[C@@H]1c1ccccc1)c1ccccc1. The maximum Gasteiger partial charge on any atom is 0.271 e. The quantitative estimate of drug-likeness (QED) is 0.636. The summed E-state index contributed by atoms with van der Waals surface area (Å²) in [6.07, 6.45) is -0.738. The minimum absolute atomic E-state index is 0.146. The fraction of sp³-hybridized carbons (Fsp3) is 0.130. The highest BCUT2D eigenvalue weighted by Gasteiger charge is 2.42. The van der Waals surface area contributed by atoms with Crippen LogP contribution in [-0.4, -0.2) is 24.8 Å². The van der Waals surface area contributed by atoms with Crippen molar-refractivity contribution in [3.8, 4) is 0 Å². The summed E-state index contributed by atoms with van der Waals surface area (Å²) in [5.74, 6) is -0.450. The number of anilines is 1. The van der Waals surface area contributed by atoms with Crippen LogP contribution in [0.3, 0.4) is 0 Å². The molecule has 0 N–H and O–H groups in total. The Hall–Kier alpha value is -3.11. The topological polar surface area (TPSA) is 41.9 Å². The number of benzene rings is 3. The summed E-state index contributed by atoms with van der Waals surface area (Å²) in [6, 6.07) is 26.8. The Morgan fingerprint density at radius 2 is 1.54 bits per heavy atom. The number of carbonyl (C=O) groups is 1. The molecule has 140 valence electrons. The van der Waals surface area contributed by atoms with Gasteiger partial charge in [-0.25, -0.2) is 0 Å². The Bertz CT molecular complexity index is 988. The van der Waals surface area contributed by atoms with E-state index < -0.39 is 6.10 Å². The predicted molar refractivity (Wildman–Crippen MR) is 112 cm³/mol. The molecule has 0 aliphatic carbocycles. The molecule has 1 heterocycles. The van der Waals surface area contributed by atoms with Crippen molar-refractivity contribution < 1.29 is 9.63 Å². The van der Waals surface area contributed by atoms with Gasteiger partial charge >= 0.3 is 0 Å². The zero-order valence-corrected chi connectivity index (χ0v) is 16.1. The fourth-order valence-corrected chi connectivity index (χ4v) is 3.50. The first-order valence-corrected chi connectivity index (χ1v) is 9.40. The molecule has 4 nitrogen and oxygen atoms in total. The summed E-state index contributed by atoms with van der Waals surface area (Å²) < 4.78 is 0. The van der Waals surface area contributed by atoms with Gasteiger partial charge in [0.1, 0.15) is 0 Å². The summed E-state index contributed by atoms with van der Waals surface area (Å²) >= 11 is 6.03. The highest BCUT2D eigenvalue weighted by Crippen LogP contribution is 2.34. The summed E-state index contributed by atoms with van der Waals surface area (Å²) in [4.78, 5) is 20.6. The number of halogens is 1. The van der Waals surface area contributed by atoms with Gasteiger partial charge in [0.15, 0.2) is 0 Å². The smallest absolute Gasteiger partial charge is 0.271 e. The van der Waals surface area contributed by atoms with Crippen molar-refractivity contribution in [1.82, 2.24) is 0 Å². The molecule has 0 spiro atoms. The summed E-state index contributed by atoms with van der Waals surface area (Å²) in [7, 11) is 1.75. The first kappa shape index (κ1) is 18.3. The maximum atomic E-state index is 13.3. The van der Waals surface area contributed by atoms with Crippen molar-refractivity contribution in [2.45, 2.75) is 12.0 Å². The van der Waals surface area contributed by atoms with Crippen molar-refractivity contribution in [3.05, 3.63) is 101 Å². The molecule has 1 aliphatic rings. The molecule has 1 amide bonds. The number of amides is 1. The van der Waals surface area contributed by atoms with E-state index in [-0.39, 0.29) is 11.8 Å². The van der Waals surface area contributed by atoms with E-state index in [9.17, 15) is 4.79 Å². The molecule has 2 atom stereocenters. The predicted octanol–water partition coefficient (Wildman–Crippen LogP) is 4.89. The molecule has 3 aromatic rings. The standard InChI is InChI=1S/C23H19ClN2O2/c1-26(19-10-6-3-7-11-19)23(27)22-20(16-8-4-2-5-9-16)21(25-28-22)17-12-14-18(24)15-13-17/h2-15,20,22H,1H3/t20-,22-/m0/s1. The first-order valence-electron chi connectivity index (χ1n) is 9.02. The Balaban J connectivity index is 1.69. The van der Waals surface area contributed by atoms with E-state index in [2.05, 4.69) is 5.16 Å². The Kier molecular flexibility index (Phi) is 5.13. The van der Waals surface area contributed by atoms with Crippen LogP contribution in [0.1, 0.15) is 17.0 Å². The lowest BCUT2D eigenvalue weighted by molar-refractivity contribution is -0.128. The lowest BCUT2D eigenvalue weighted by Crippen LogP contribution is -2.40. The van der Waals surface area contributed by atoms with Crippen LogP contribution in [0.25, 0.3) is 0 Å². The number of para-hydroxylation sites is 1. The monoisotopic (exact) mass is 390 g/mol. The molecule has 0 saturated heterocycles. The molecule has 0 bridgehead atoms. The summed E-state index contributed by atoms with van der Waals surface area (Å²) in [5, 5.41) is 4.95. The van der Waals surface area contributed by atoms with Crippen molar-refractivity contribution >= 4 is 28.9 Å². The van der Waals surface area contributed by atoms with Gasteiger partial charge in [-0.05, 0) is 29.8 Å². The molecular weight excluding hydrogens is 372 g/mol. The van der Waals surface area contributed by atoms with Crippen LogP contribution in [0.4, 0.5) is 5.69 Å². The third kappa shape index (κ3) is 3.51. The van der Waals surface area contributed by atoms with E-state index in [1.54, 1.807) is 11.9 Å². The third-order valence-electron chi connectivity index (χ3n) is 4.88. The Morgan fingerprint density at radius 3 is 2.18 bits per heavy atom. The molecule has 4 rings (SSSR count). The zero-order valence-electron chi connectivity index (χ0n) is 15.3. The number of hydrogen-bond donors (Lipinski definition) is 0. The second-order valence-electron chi connectivity index (χ2n) is 6.63. The van der Waals surface area contributed by atoms with Gasteiger partial charge in [0.05, 0.1) is 11.6 Å². The number of carbonyl (C=O) groups excluding carboxylic acids is 1. The number of likely N-dealkylation sites (N-methyl/N-ethyl adjacent to an activating group) is 1. The number of nitrogens with zero attached hydrogens (tertiary/aromatic N) is 2. The van der Waals surface area contributed by atoms with Gasteiger partial charge in [-0.15, -0.1) is 0 Å².